The minimum absolute atomic E-state index is 0.0434. The summed E-state index contributed by atoms with van der Waals surface area (Å²) in [5.41, 5.74) is 5.99. The largest absolute Gasteiger partial charge is 0.491 e. The van der Waals surface area contributed by atoms with E-state index in [4.69, 9.17) is 16.3 Å². The summed E-state index contributed by atoms with van der Waals surface area (Å²) in [6.07, 6.45) is 14.7. The number of allylic oxidation sites excluding steroid dienone is 5. The molecule has 2 bridgehead atoms. The van der Waals surface area contributed by atoms with Gasteiger partial charge in [-0.15, -0.1) is 0 Å². The van der Waals surface area contributed by atoms with Gasteiger partial charge >= 0.3 is 0 Å². The summed E-state index contributed by atoms with van der Waals surface area (Å²) in [4.78, 5) is 16.0. The lowest BCUT2D eigenvalue weighted by atomic mass is 9.67. The molecule has 6 heteroatoms. The van der Waals surface area contributed by atoms with Gasteiger partial charge in [0.2, 0.25) is 0 Å². The molecule has 1 fully saturated rings. The van der Waals surface area contributed by atoms with Crippen LogP contribution in [0.5, 0.6) is 5.75 Å². The second-order valence-corrected chi connectivity index (χ2v) is 14.2. The van der Waals surface area contributed by atoms with Crippen molar-refractivity contribution in [2.75, 3.05) is 30.3 Å². The van der Waals surface area contributed by atoms with Gasteiger partial charge in [-0.25, -0.2) is 0 Å². The molecule has 2 heterocycles. The average Bonchev–Trinajstić information content (AvgIpc) is 3.17. The molecule has 1 N–H and O–H groups in total. The topological polar surface area (TPSA) is 41.6 Å². The van der Waals surface area contributed by atoms with Crippen molar-refractivity contribution in [3.05, 3.63) is 94.1 Å². The van der Waals surface area contributed by atoms with E-state index >= 15 is 0 Å². The molecule has 4 aliphatic rings. The summed E-state index contributed by atoms with van der Waals surface area (Å²) < 4.78 is 9.70. The fourth-order valence-corrected chi connectivity index (χ4v) is 8.53. The van der Waals surface area contributed by atoms with Crippen LogP contribution in [-0.2, 0) is 0 Å². The van der Waals surface area contributed by atoms with Crippen LogP contribution in [-0.4, -0.2) is 31.4 Å². The van der Waals surface area contributed by atoms with Gasteiger partial charge in [-0.2, -0.15) is 0 Å². The van der Waals surface area contributed by atoms with Gasteiger partial charge < -0.3 is 9.64 Å². The number of benzene rings is 2. The minimum atomic E-state index is -0.0434. The molecule has 1 saturated carbocycles. The van der Waals surface area contributed by atoms with Crippen LogP contribution in [0.1, 0.15) is 80.6 Å². The first-order valence-electron chi connectivity index (χ1n) is 16.2. The molecule has 0 radical (unpaired) electrons. The Morgan fingerprint density at radius 1 is 1.07 bits per heavy atom. The third-order valence-corrected chi connectivity index (χ3v) is 11.2. The summed E-state index contributed by atoms with van der Waals surface area (Å²) in [7, 11) is 0. The Hall–Kier alpha value is -2.63. The van der Waals surface area contributed by atoms with Crippen molar-refractivity contribution >= 4 is 35.1 Å². The summed E-state index contributed by atoms with van der Waals surface area (Å²) >= 11 is 8.03. The second-order valence-electron chi connectivity index (χ2n) is 12.9. The Labute approximate surface area is 267 Å². The highest BCUT2D eigenvalue weighted by Gasteiger charge is 2.37. The third-order valence-electron chi connectivity index (χ3n) is 10.0. The quantitative estimate of drug-likeness (QED) is 0.274. The first-order valence-corrected chi connectivity index (χ1v) is 17.6. The maximum atomic E-state index is 13.4. The zero-order chi connectivity index (χ0) is 29.8. The van der Waals surface area contributed by atoms with E-state index in [0.717, 1.165) is 67.4 Å². The Kier molecular flexibility index (Phi) is 9.89. The van der Waals surface area contributed by atoms with Crippen LogP contribution < -0.4 is 14.4 Å². The van der Waals surface area contributed by atoms with Crippen LogP contribution in [0, 0.1) is 23.7 Å². The number of hydrogen-bond donors (Lipinski definition) is 1. The van der Waals surface area contributed by atoms with Crippen molar-refractivity contribution in [3.8, 4) is 5.75 Å². The van der Waals surface area contributed by atoms with Gasteiger partial charge in [-0.1, -0.05) is 79.9 Å². The van der Waals surface area contributed by atoms with Crippen LogP contribution in [0.2, 0.25) is 0 Å². The van der Waals surface area contributed by atoms with Gasteiger partial charge in [-0.05, 0) is 110 Å². The number of carbonyl (C=O) groups is 1. The number of carbonyl (C=O) groups excluding carboxylic acids is 1. The molecule has 43 heavy (non-hydrogen) atoms. The van der Waals surface area contributed by atoms with Crippen LogP contribution in [0.4, 0.5) is 5.69 Å². The number of nitrogens with one attached hydrogen (secondary N) is 1. The number of ether oxygens (including phenoxy) is 1. The molecule has 0 spiro atoms. The normalized spacial score (nSPS) is 28.9. The first-order chi connectivity index (χ1) is 21.0. The highest BCUT2D eigenvalue weighted by molar-refractivity contribution is 7.97. The van der Waals surface area contributed by atoms with Gasteiger partial charge in [0, 0.05) is 35.4 Å². The van der Waals surface area contributed by atoms with Crippen LogP contribution in [0.25, 0.3) is 0 Å². The van der Waals surface area contributed by atoms with Crippen molar-refractivity contribution in [2.24, 2.45) is 23.7 Å². The number of rotatable bonds is 4. The lowest BCUT2D eigenvalue weighted by Gasteiger charge is -2.43. The Balaban J connectivity index is 1.31. The summed E-state index contributed by atoms with van der Waals surface area (Å²) in [6.45, 7) is 7.21. The molecule has 2 aromatic rings. The predicted octanol–water partition coefficient (Wildman–Crippen LogP) is 9.30. The van der Waals surface area contributed by atoms with E-state index < -0.39 is 0 Å². The maximum absolute atomic E-state index is 13.4. The van der Waals surface area contributed by atoms with E-state index in [9.17, 15) is 4.79 Å². The fourth-order valence-electron chi connectivity index (χ4n) is 7.45. The summed E-state index contributed by atoms with van der Waals surface area (Å²) in [5, 5.41) is 0.970. The lowest BCUT2D eigenvalue weighted by Crippen LogP contribution is -2.42. The van der Waals surface area contributed by atoms with Gasteiger partial charge in [0.1, 0.15) is 5.75 Å². The van der Waals surface area contributed by atoms with Crippen molar-refractivity contribution in [3.63, 3.8) is 0 Å². The van der Waals surface area contributed by atoms with Crippen LogP contribution >= 0.6 is 23.5 Å². The van der Waals surface area contributed by atoms with Crippen molar-refractivity contribution in [1.29, 1.82) is 0 Å². The number of hydrogen-bond acceptors (Lipinski definition) is 4. The molecule has 228 valence electrons. The molecule has 0 saturated heterocycles. The summed E-state index contributed by atoms with van der Waals surface area (Å²) in [5.74, 6) is 4.18. The summed E-state index contributed by atoms with van der Waals surface area (Å²) in [6, 6.07) is 16.7. The van der Waals surface area contributed by atoms with Gasteiger partial charge in [0.25, 0.3) is 5.91 Å². The monoisotopic (exact) mass is 616 g/mol. The molecule has 0 aromatic heterocycles. The van der Waals surface area contributed by atoms with Crippen LogP contribution in [0.15, 0.2) is 82.9 Å². The third kappa shape index (κ3) is 7.04. The van der Waals surface area contributed by atoms with Gasteiger partial charge in [0.05, 0.1) is 12.3 Å². The standard InChI is InChI=1S/C37H45ClN2O2S/c1-3-8-27-19-32(38)15-17-34(27)31-22-40-21-29-13-16-33(29)25(2)9-7-12-30(26-10-5-4-6-11-26)24-43-39-37(41)28-14-18-36(42-23-31)35(40)20-28/h4-7,9-11,14,18-20,25,29-31,33H,3,8,12-13,15-17,21-24H2,1-2H3,(H,39,41)/b9-7+. The van der Waals surface area contributed by atoms with E-state index in [1.165, 1.54) is 41.5 Å². The van der Waals surface area contributed by atoms with Gasteiger partial charge in [-0.3, -0.25) is 9.52 Å². The lowest BCUT2D eigenvalue weighted by molar-refractivity contribution is 0.0984. The Morgan fingerprint density at radius 2 is 1.93 bits per heavy atom. The number of nitrogens with zero attached hydrogens (tertiary/aromatic N) is 1. The molecule has 2 aliphatic carbocycles. The van der Waals surface area contributed by atoms with E-state index in [1.54, 1.807) is 0 Å². The molecule has 5 atom stereocenters. The average molecular weight is 617 g/mol. The first kappa shape index (κ1) is 30.4. The number of fused-ring (bicyclic) bond motifs is 2. The Morgan fingerprint density at radius 3 is 2.72 bits per heavy atom. The number of anilines is 1. The smallest absolute Gasteiger partial charge is 0.261 e. The zero-order valence-corrected chi connectivity index (χ0v) is 27.1. The highest BCUT2D eigenvalue weighted by atomic mass is 35.5. The minimum Gasteiger partial charge on any atom is -0.491 e. The SMILES string of the molecule is CCCC1=C(C2COc3ccc4cc3N(C2)CC2CCC2C(C)/C=C/CC(c2ccccc2)CSNC4=O)CCC(Cl)=C1. The molecular weight excluding hydrogens is 572 g/mol. The molecule has 1 amide bonds. The second kappa shape index (κ2) is 14.0. The molecule has 2 aliphatic heterocycles. The molecular formula is C37H45ClN2O2S. The van der Waals surface area contributed by atoms with Crippen LogP contribution in [0.3, 0.4) is 0 Å². The van der Waals surface area contributed by atoms with Crippen molar-refractivity contribution in [1.82, 2.24) is 4.72 Å². The van der Waals surface area contributed by atoms with Crippen molar-refractivity contribution < 1.29 is 9.53 Å². The van der Waals surface area contributed by atoms with E-state index in [1.807, 2.05) is 12.1 Å². The molecule has 4 nitrogen and oxygen atoms in total. The zero-order valence-electron chi connectivity index (χ0n) is 25.6. The molecule has 2 aromatic carbocycles. The predicted molar refractivity (Wildman–Crippen MR) is 181 cm³/mol. The Bertz CT molecular complexity index is 1390. The fraction of sp³-hybridized carbons (Fsp3) is 0.486. The van der Waals surface area contributed by atoms with Gasteiger partial charge in [0.15, 0.2) is 0 Å². The highest BCUT2D eigenvalue weighted by Crippen LogP contribution is 2.44. The van der Waals surface area contributed by atoms with E-state index in [0.29, 0.717) is 41.8 Å². The number of amides is 1. The molecule has 5 unspecified atom stereocenters. The van der Waals surface area contributed by atoms with E-state index in [2.05, 4.69) is 78.1 Å². The van der Waals surface area contributed by atoms with E-state index in [-0.39, 0.29) is 5.91 Å². The molecule has 6 rings (SSSR count). The number of halogens is 1. The maximum Gasteiger partial charge on any atom is 0.261 e. The van der Waals surface area contributed by atoms with Crippen molar-refractivity contribution in [2.45, 2.75) is 64.7 Å².